The fourth-order valence-electron chi connectivity index (χ4n) is 2.33. The van der Waals surface area contributed by atoms with Crippen LogP contribution in [0.3, 0.4) is 0 Å². The minimum atomic E-state index is 0.0280. The van der Waals surface area contributed by atoms with Crippen LogP contribution in [0.2, 0.25) is 0 Å². The van der Waals surface area contributed by atoms with E-state index in [-0.39, 0.29) is 11.8 Å². The van der Waals surface area contributed by atoms with Gasteiger partial charge in [-0.05, 0) is 31.1 Å². The smallest absolute Gasteiger partial charge is 0.227 e. The van der Waals surface area contributed by atoms with Crippen LogP contribution in [0.25, 0.3) is 10.9 Å². The number of rotatable bonds is 3. The molecular formula is C15H17N3O. The first-order chi connectivity index (χ1) is 9.25. The van der Waals surface area contributed by atoms with Gasteiger partial charge in [-0.1, -0.05) is 25.1 Å². The zero-order chi connectivity index (χ0) is 13.2. The molecule has 1 atom stereocenters. The summed E-state index contributed by atoms with van der Waals surface area (Å²) in [6, 6.07) is 9.74. The van der Waals surface area contributed by atoms with Crippen molar-refractivity contribution >= 4 is 22.5 Å². The van der Waals surface area contributed by atoms with E-state index in [0.29, 0.717) is 5.92 Å². The van der Waals surface area contributed by atoms with Gasteiger partial charge in [0.15, 0.2) is 0 Å². The maximum Gasteiger partial charge on any atom is 0.227 e. The summed E-state index contributed by atoms with van der Waals surface area (Å²) >= 11 is 0. The summed E-state index contributed by atoms with van der Waals surface area (Å²) in [4.78, 5) is 16.6. The van der Waals surface area contributed by atoms with Gasteiger partial charge in [-0.25, -0.2) is 0 Å². The number of fused-ring (bicyclic) bond motifs is 1. The van der Waals surface area contributed by atoms with E-state index in [4.69, 9.17) is 0 Å². The summed E-state index contributed by atoms with van der Waals surface area (Å²) in [5, 5.41) is 7.24. The molecule has 2 N–H and O–H groups in total. The lowest BCUT2D eigenvalue weighted by Crippen LogP contribution is -2.48. The van der Waals surface area contributed by atoms with E-state index in [2.05, 4.69) is 15.6 Å². The van der Waals surface area contributed by atoms with Crippen molar-refractivity contribution < 1.29 is 4.79 Å². The average Bonchev–Trinajstić information content (AvgIpc) is 2.37. The Labute approximate surface area is 112 Å². The number of carbonyl (C=O) groups is 1. The van der Waals surface area contributed by atoms with Crippen LogP contribution < -0.4 is 10.6 Å². The first-order valence-corrected chi connectivity index (χ1v) is 6.61. The maximum absolute atomic E-state index is 12.2. The minimum Gasteiger partial charge on any atom is -0.324 e. The van der Waals surface area contributed by atoms with Gasteiger partial charge in [-0.3, -0.25) is 9.78 Å². The van der Waals surface area contributed by atoms with Crippen LogP contribution in [-0.2, 0) is 4.79 Å². The van der Waals surface area contributed by atoms with Gasteiger partial charge in [-0.2, -0.15) is 0 Å². The van der Waals surface area contributed by atoms with Crippen molar-refractivity contribution in [3.8, 4) is 0 Å². The Kier molecular flexibility index (Phi) is 3.17. The molecule has 19 heavy (non-hydrogen) atoms. The molecule has 1 aliphatic heterocycles. The molecular weight excluding hydrogens is 238 g/mol. The molecule has 1 unspecified atom stereocenters. The van der Waals surface area contributed by atoms with Gasteiger partial charge in [0.2, 0.25) is 5.91 Å². The van der Waals surface area contributed by atoms with E-state index in [9.17, 15) is 4.79 Å². The largest absolute Gasteiger partial charge is 0.324 e. The topological polar surface area (TPSA) is 54.0 Å². The molecule has 0 saturated carbocycles. The molecule has 0 radical (unpaired) electrons. The van der Waals surface area contributed by atoms with Crippen LogP contribution in [0.1, 0.15) is 6.92 Å². The molecule has 0 aliphatic carbocycles. The van der Waals surface area contributed by atoms with Crippen LogP contribution in [0.15, 0.2) is 36.5 Å². The van der Waals surface area contributed by atoms with Gasteiger partial charge in [0.05, 0.1) is 11.2 Å². The second-order valence-electron chi connectivity index (χ2n) is 5.08. The van der Waals surface area contributed by atoms with Gasteiger partial charge in [-0.15, -0.1) is 0 Å². The summed E-state index contributed by atoms with van der Waals surface area (Å²) in [6.07, 6.45) is 1.75. The minimum absolute atomic E-state index is 0.0280. The van der Waals surface area contributed by atoms with Gasteiger partial charge < -0.3 is 10.6 Å². The summed E-state index contributed by atoms with van der Waals surface area (Å²) in [5.74, 6) is 0.549. The third-order valence-electron chi connectivity index (χ3n) is 3.82. The first-order valence-electron chi connectivity index (χ1n) is 6.61. The Morgan fingerprint density at radius 3 is 2.89 bits per heavy atom. The van der Waals surface area contributed by atoms with Crippen LogP contribution in [0.4, 0.5) is 5.69 Å². The highest BCUT2D eigenvalue weighted by atomic mass is 16.1. The Hall–Kier alpha value is -1.94. The number of pyridine rings is 1. The predicted octanol–water partition coefficient (Wildman–Crippen LogP) is 2.03. The zero-order valence-corrected chi connectivity index (χ0v) is 10.9. The highest BCUT2D eigenvalue weighted by molar-refractivity contribution is 6.01. The van der Waals surface area contributed by atoms with Gasteiger partial charge in [0, 0.05) is 17.5 Å². The number of carbonyl (C=O) groups excluding carboxylic acids is 1. The molecule has 0 spiro atoms. The predicted molar refractivity (Wildman–Crippen MR) is 75.9 cm³/mol. The SMILES string of the molecule is CC(C(=O)Nc1cccc2cccnc12)C1CNC1. The van der Waals surface area contributed by atoms with Gasteiger partial charge in [0.1, 0.15) is 0 Å². The molecule has 1 saturated heterocycles. The Balaban J connectivity index is 1.82. The quantitative estimate of drug-likeness (QED) is 0.882. The molecule has 1 aliphatic rings. The Morgan fingerprint density at radius 1 is 1.37 bits per heavy atom. The third kappa shape index (κ3) is 2.31. The van der Waals surface area contributed by atoms with Crippen molar-refractivity contribution in [1.82, 2.24) is 10.3 Å². The molecule has 0 bridgehead atoms. The third-order valence-corrected chi connectivity index (χ3v) is 3.82. The van der Waals surface area contributed by atoms with E-state index in [0.717, 1.165) is 29.7 Å². The summed E-state index contributed by atoms with van der Waals surface area (Å²) < 4.78 is 0. The maximum atomic E-state index is 12.2. The second kappa shape index (κ2) is 4.97. The van der Waals surface area contributed by atoms with Crippen molar-refractivity contribution in [2.75, 3.05) is 18.4 Å². The van der Waals surface area contributed by atoms with Crippen molar-refractivity contribution in [3.05, 3.63) is 36.5 Å². The lowest BCUT2D eigenvalue weighted by Gasteiger charge is -2.31. The zero-order valence-electron chi connectivity index (χ0n) is 10.9. The van der Waals surface area contributed by atoms with E-state index in [1.165, 1.54) is 0 Å². The van der Waals surface area contributed by atoms with E-state index in [1.54, 1.807) is 6.20 Å². The molecule has 1 amide bonds. The molecule has 4 nitrogen and oxygen atoms in total. The number of aromatic nitrogens is 1. The summed E-state index contributed by atoms with van der Waals surface area (Å²) in [5.41, 5.74) is 1.64. The number of hydrogen-bond donors (Lipinski definition) is 2. The normalized spacial score (nSPS) is 16.9. The van der Waals surface area contributed by atoms with Crippen LogP contribution in [0, 0.1) is 11.8 Å². The lowest BCUT2D eigenvalue weighted by atomic mass is 9.88. The number of para-hydroxylation sites is 1. The van der Waals surface area contributed by atoms with Crippen molar-refractivity contribution in [2.24, 2.45) is 11.8 Å². The molecule has 1 aromatic carbocycles. The molecule has 2 heterocycles. The molecule has 3 rings (SSSR count). The highest BCUT2D eigenvalue weighted by Crippen LogP contribution is 2.23. The Morgan fingerprint density at radius 2 is 2.16 bits per heavy atom. The van der Waals surface area contributed by atoms with Crippen LogP contribution in [-0.4, -0.2) is 24.0 Å². The molecule has 1 fully saturated rings. The van der Waals surface area contributed by atoms with E-state index < -0.39 is 0 Å². The van der Waals surface area contributed by atoms with Gasteiger partial charge in [0.25, 0.3) is 0 Å². The van der Waals surface area contributed by atoms with Crippen LogP contribution >= 0.6 is 0 Å². The second-order valence-corrected chi connectivity index (χ2v) is 5.08. The molecule has 98 valence electrons. The van der Waals surface area contributed by atoms with Crippen molar-refractivity contribution in [3.63, 3.8) is 0 Å². The number of amides is 1. The molecule has 4 heteroatoms. The van der Waals surface area contributed by atoms with Crippen molar-refractivity contribution in [2.45, 2.75) is 6.92 Å². The van der Waals surface area contributed by atoms with Gasteiger partial charge >= 0.3 is 0 Å². The Bertz CT molecular complexity index is 602. The van der Waals surface area contributed by atoms with Crippen molar-refractivity contribution in [1.29, 1.82) is 0 Å². The standard InChI is InChI=1S/C15H17N3O/c1-10(12-8-16-9-12)15(19)18-13-6-2-4-11-5-3-7-17-14(11)13/h2-7,10,12,16H,8-9H2,1H3,(H,18,19). The fourth-order valence-corrected chi connectivity index (χ4v) is 2.33. The molecule has 1 aromatic heterocycles. The number of nitrogens with zero attached hydrogens (tertiary/aromatic N) is 1. The number of anilines is 1. The highest BCUT2D eigenvalue weighted by Gasteiger charge is 2.28. The summed E-state index contributed by atoms with van der Waals surface area (Å²) in [6.45, 7) is 3.85. The number of benzene rings is 1. The number of nitrogens with one attached hydrogen (secondary N) is 2. The van der Waals surface area contributed by atoms with E-state index in [1.807, 2.05) is 37.3 Å². The lowest BCUT2D eigenvalue weighted by molar-refractivity contribution is -0.121. The monoisotopic (exact) mass is 255 g/mol. The number of hydrogen-bond acceptors (Lipinski definition) is 3. The summed E-state index contributed by atoms with van der Waals surface area (Å²) in [7, 11) is 0. The van der Waals surface area contributed by atoms with E-state index >= 15 is 0 Å². The van der Waals surface area contributed by atoms with Crippen LogP contribution in [0.5, 0.6) is 0 Å². The fraction of sp³-hybridized carbons (Fsp3) is 0.333. The molecule has 2 aromatic rings. The first kappa shape index (κ1) is 12.1. The average molecular weight is 255 g/mol.